The number of carbonyl (C=O) groups excluding carboxylic acids is 8. The third kappa shape index (κ3) is 29.8. The van der Waals surface area contributed by atoms with Crippen molar-refractivity contribution in [3.05, 3.63) is 167 Å². The van der Waals surface area contributed by atoms with Crippen LogP contribution < -0.4 is 33.0 Å². The second-order valence-electron chi connectivity index (χ2n) is 38.0. The third-order valence-corrected chi connectivity index (χ3v) is 25.9. The summed E-state index contributed by atoms with van der Waals surface area (Å²) in [5, 5.41) is 36.9. The number of aliphatic hydroxyl groups is 2. The Hall–Kier alpha value is -11.6. The Morgan fingerprint density at radius 3 is 1.13 bits per heavy atom. The smallest absolute Gasteiger partial charge is 0.396 e. The van der Waals surface area contributed by atoms with E-state index in [0.717, 1.165) is 37.1 Å². The molecule has 2 heterocycles. The molecule has 10 N–H and O–H groups in total. The normalized spacial score (nSPS) is 16.9. The van der Waals surface area contributed by atoms with Crippen molar-refractivity contribution in [3.63, 3.8) is 0 Å². The Kier molecular flexibility index (Phi) is 37.3. The van der Waals surface area contributed by atoms with E-state index in [1.54, 1.807) is 0 Å². The number of aliphatic hydroxyl groups excluding tert-OH is 2. The maximum Gasteiger partial charge on any atom is 0.396 e. The number of alkyl halides is 20. The highest BCUT2D eigenvalue weighted by Crippen LogP contribution is 2.51. The minimum absolute atomic E-state index is 0.0218. The van der Waals surface area contributed by atoms with Crippen molar-refractivity contribution in [3.8, 4) is 22.4 Å². The molecule has 4 amide bonds. The first-order valence-electron chi connectivity index (χ1n) is 44.6. The van der Waals surface area contributed by atoms with Crippen molar-refractivity contribution in [2.45, 2.75) is 234 Å². The van der Waals surface area contributed by atoms with E-state index in [-0.39, 0.29) is 55.8 Å². The second-order valence-corrected chi connectivity index (χ2v) is 38.0. The molecular formula is C94H106F24N14O10. The number of aromatic nitrogens is 4. The molecule has 8 atom stereocenters. The Morgan fingerprint density at radius 2 is 0.810 bits per heavy atom. The molecule has 4 aliphatic carbocycles. The van der Waals surface area contributed by atoms with Gasteiger partial charge >= 0.3 is 50.9 Å². The van der Waals surface area contributed by atoms with E-state index in [2.05, 4.69) is 41.7 Å². The molecule has 4 fully saturated rings. The lowest BCUT2D eigenvalue weighted by Gasteiger charge is -2.38. The van der Waals surface area contributed by atoms with E-state index in [1.807, 2.05) is 0 Å². The number of benzene rings is 4. The number of Topliss-reactive ketones (excluding diaryl/α,β-unsaturated/α-hetero) is 4. The molecule has 0 aliphatic heterocycles. The first-order valence-corrected chi connectivity index (χ1v) is 44.6. The number of nitrogens with two attached hydrogens (primary N) is 2. The van der Waals surface area contributed by atoms with Crippen molar-refractivity contribution in [1.29, 1.82) is 0 Å². The fourth-order valence-electron chi connectivity index (χ4n) is 15.5. The Bertz CT molecular complexity index is 5520. The van der Waals surface area contributed by atoms with E-state index in [4.69, 9.17) is 11.5 Å². The Labute approximate surface area is 798 Å². The summed E-state index contributed by atoms with van der Waals surface area (Å²) in [6.07, 6.45) is -20.2. The fourth-order valence-corrected chi connectivity index (χ4v) is 15.5. The maximum atomic E-state index is 16.0. The third-order valence-electron chi connectivity index (χ3n) is 25.9. The van der Waals surface area contributed by atoms with Gasteiger partial charge in [0.2, 0.25) is 23.6 Å². The number of nitrogens with one attached hydrogen (secondary N) is 4. The van der Waals surface area contributed by atoms with E-state index in [0.29, 0.717) is 164 Å². The van der Waals surface area contributed by atoms with Gasteiger partial charge in [-0.3, -0.25) is 49.2 Å². The highest BCUT2D eigenvalue weighted by molar-refractivity contribution is 6.10. The highest BCUT2D eigenvalue weighted by Gasteiger charge is 2.60. The van der Waals surface area contributed by atoms with E-state index in [1.165, 1.54) is 48.5 Å². The molecule has 48 heteroatoms. The number of hydrogen-bond donors (Lipinski definition) is 8. The van der Waals surface area contributed by atoms with Gasteiger partial charge in [0.25, 0.3) is 0 Å². The molecule has 0 bridgehead atoms. The molecule has 6 aromatic rings. The predicted molar refractivity (Wildman–Crippen MR) is 467 cm³/mol. The molecule has 142 heavy (non-hydrogen) atoms. The van der Waals surface area contributed by atoms with Gasteiger partial charge < -0.3 is 32.3 Å². The summed E-state index contributed by atoms with van der Waals surface area (Å²) in [5.74, 6) is -24.0. The summed E-state index contributed by atoms with van der Waals surface area (Å²) in [4.78, 5) is 114. The van der Waals surface area contributed by atoms with Crippen LogP contribution in [-0.4, -0.2) is 174 Å². The number of hydrogen-bond acceptors (Lipinski definition) is 18. The average molecular weight is 2050 g/mol. The summed E-state index contributed by atoms with van der Waals surface area (Å²) in [7, 11) is 0. The number of allylic oxidation sites excluding steroid dienone is 2. The molecule has 2 aromatic heterocycles. The monoisotopic (exact) mass is 2050 g/mol. The zero-order valence-electron chi connectivity index (χ0n) is 77.5. The van der Waals surface area contributed by atoms with Crippen LogP contribution in [0, 0.1) is 92.3 Å². The van der Waals surface area contributed by atoms with Crippen molar-refractivity contribution < 1.29 is 154 Å². The number of carbonyl (C=O) groups is 8. The number of amides is 4. The standard InChI is InChI=1S/C47H51F12N7O5.C47H55F12N7O5/c1-44(2,46(54,55)56)32(19-36(67)26-9-10-26)41(71)63-64(22-31-33(48)16-28(17-34(31)49)35-13-14-65(62-35)42(50)51)23-38(69)29(15-24-5-7-25(8-6-24)30-20-60-66(21-30)43(52)53)18-37(68)39(45(3,4)47(57,58)59)61-40(70)27-11-12-27;1-44(2,46(54,55)56)33(17-36(67)26-9-10-26)41(71)65-66(22-32-34(48)14-28(15-35(32)49)31(19-61)21-63-43(52)53)23-38(69)29(13-24-5-7-25(8-6-24)30(18-60)20-62-42(50)51)16-37(68)39(45(3,4)47(57,58)59)64-40(70)27-11-12-27/h5-8,13-14,16-17,20-21,26-27,29,32,38-39,42-43,69H,9-12,15,18-19,22-23H2,1-4H3,(H,61,70)(H,63,71);5-8,14-15,18-21,26-27,29,33,38-39,42-43,69H,9-13,16-17,22-23,60-61H2,1-4H3,(H,64,70)(H,65,71)/t29-,32-,38+,39-;29-,33-,38+,39-/m11/s1. The first-order chi connectivity index (χ1) is 65.9. The zero-order chi connectivity index (χ0) is 106. The summed E-state index contributed by atoms with van der Waals surface area (Å²) < 4.78 is 344. The number of aliphatic imine (C=N–C) groups is 2. The number of hydrazine groups is 2. The summed E-state index contributed by atoms with van der Waals surface area (Å²) >= 11 is 0. The van der Waals surface area contributed by atoms with Crippen LogP contribution in [0.25, 0.3) is 33.5 Å². The second kappa shape index (κ2) is 46.4. The van der Waals surface area contributed by atoms with Crippen molar-refractivity contribution in [2.75, 3.05) is 13.1 Å². The van der Waals surface area contributed by atoms with Crippen molar-refractivity contribution in [2.24, 2.45) is 90.5 Å². The van der Waals surface area contributed by atoms with E-state index >= 15 is 17.6 Å². The lowest BCUT2D eigenvalue weighted by molar-refractivity contribution is -0.230. The molecule has 4 saturated carbocycles. The summed E-state index contributed by atoms with van der Waals surface area (Å²) in [5.41, 5.74) is 1.88. The van der Waals surface area contributed by atoms with Crippen LogP contribution in [0.5, 0.6) is 0 Å². The first kappa shape index (κ1) is 114. The zero-order valence-corrected chi connectivity index (χ0v) is 77.5. The molecule has 4 aromatic carbocycles. The van der Waals surface area contributed by atoms with Crippen LogP contribution >= 0.6 is 0 Å². The van der Waals surface area contributed by atoms with Gasteiger partial charge in [0.1, 0.15) is 46.9 Å². The molecule has 0 radical (unpaired) electrons. The summed E-state index contributed by atoms with van der Waals surface area (Å²) in [6, 6.07) is 10.4. The molecule has 0 spiro atoms. The number of ketones is 4. The molecule has 4 aliphatic rings. The molecule has 10 rings (SSSR count). The number of halogens is 24. The van der Waals surface area contributed by atoms with Gasteiger partial charge in [-0.25, -0.2) is 46.9 Å². The lowest BCUT2D eigenvalue weighted by atomic mass is 9.74. The van der Waals surface area contributed by atoms with Crippen LogP contribution in [0.3, 0.4) is 0 Å². The van der Waals surface area contributed by atoms with E-state index in [9.17, 15) is 136 Å². The van der Waals surface area contributed by atoms with Gasteiger partial charge in [-0.2, -0.15) is 98.0 Å². The van der Waals surface area contributed by atoms with Crippen LogP contribution in [0.4, 0.5) is 105 Å². The van der Waals surface area contributed by atoms with Crippen molar-refractivity contribution in [1.82, 2.24) is 51.1 Å². The van der Waals surface area contributed by atoms with Gasteiger partial charge in [-0.05, 0) is 162 Å². The number of nitrogens with zero attached hydrogens (tertiary/aromatic N) is 8. The Morgan fingerprint density at radius 1 is 0.458 bits per heavy atom. The largest absolute Gasteiger partial charge is 0.404 e. The van der Waals surface area contributed by atoms with E-state index < -0.39 is 289 Å². The van der Waals surface area contributed by atoms with Crippen molar-refractivity contribution >= 4 is 70.3 Å². The fraction of sp³-hybridized carbons (Fsp3) is 0.532. The molecular weight excluding hydrogens is 1940 g/mol. The van der Waals surface area contributed by atoms with Gasteiger partial charge in [-0.1, -0.05) is 76.2 Å². The van der Waals surface area contributed by atoms with Gasteiger partial charge in [-0.15, -0.1) is 0 Å². The Balaban J connectivity index is 0.000000317. The van der Waals surface area contributed by atoms with Crippen LogP contribution in [0.15, 0.2) is 120 Å². The number of rotatable bonds is 48. The SMILES string of the molecule is CC(C)([C@H](CC(=O)C1CC1)C(=O)NN(Cc1c(F)cc(-c2ccn(C(F)F)n2)cc1F)C[C@H](O)[C@@H](CC(=O)[C@@H](NC(=O)C1CC1)C(C)(C)C(F)(F)F)Cc1ccc(-c2cnn(C(F)F)c2)cc1)C(F)(F)F.CC(C)([C@H](CC(=O)C1CC1)C(=O)NN(Cc1c(F)cc(C(C=NC(F)F)=CN)cc1F)C[C@H](O)[C@@H](CC(=O)[C@@H](NC(=O)C1CC1)C(C)(C)C(F)(F)F)Cc1ccc(C(C=NC(F)F)=CN)cc1)C(F)(F)F. The summed E-state index contributed by atoms with van der Waals surface area (Å²) in [6.45, 7) is -11.3. The van der Waals surface area contributed by atoms with Gasteiger partial charge in [0.15, 0.2) is 11.6 Å². The quantitative estimate of drug-likeness (QED) is 0.00761. The van der Waals surface area contributed by atoms with Crippen LogP contribution in [-0.2, 0) is 64.3 Å². The molecule has 24 nitrogen and oxygen atoms in total. The van der Waals surface area contributed by atoms with Crippen LogP contribution in [0.1, 0.15) is 179 Å². The molecule has 0 saturated heterocycles. The maximum absolute atomic E-state index is 16.0. The van der Waals surface area contributed by atoms with Gasteiger partial charge in [0, 0.05) is 146 Å². The topological polar surface area (TPSA) is 344 Å². The highest BCUT2D eigenvalue weighted by atomic mass is 19.4. The molecule has 780 valence electrons. The van der Waals surface area contributed by atoms with Crippen LogP contribution in [0.2, 0.25) is 0 Å². The lowest BCUT2D eigenvalue weighted by Crippen LogP contribution is -2.57. The predicted octanol–water partition coefficient (Wildman–Crippen LogP) is 17.8. The van der Waals surface area contributed by atoms with Gasteiger partial charge in [0.05, 0.1) is 57.6 Å². The molecule has 0 unspecified atom stereocenters. The average Bonchev–Trinajstić information content (AvgIpc) is 0.974. The minimum Gasteiger partial charge on any atom is -0.404 e. The minimum atomic E-state index is -5.12.